The van der Waals surface area contributed by atoms with Gasteiger partial charge in [0.05, 0.1) is 7.11 Å². The maximum Gasteiger partial charge on any atom is 0.426 e. The van der Waals surface area contributed by atoms with E-state index in [9.17, 15) is 32.3 Å². The van der Waals surface area contributed by atoms with E-state index in [1.807, 2.05) is 0 Å². The second-order valence-electron chi connectivity index (χ2n) is 10.3. The molecule has 1 fully saturated rings. The third-order valence-electron chi connectivity index (χ3n) is 5.77. The quantitative estimate of drug-likeness (QED) is 0.116. The molecule has 1 aromatic rings. The molecule has 0 aliphatic carbocycles. The van der Waals surface area contributed by atoms with Gasteiger partial charge in [-0.15, -0.1) is 0 Å². The second-order valence-corrected chi connectivity index (χ2v) is 10.3. The summed E-state index contributed by atoms with van der Waals surface area (Å²) in [5.41, 5.74) is 1.15. The fourth-order valence-electron chi connectivity index (χ4n) is 3.55. The number of ether oxygens (including phenoxy) is 3. The van der Waals surface area contributed by atoms with Crippen LogP contribution >= 0.6 is 0 Å². The van der Waals surface area contributed by atoms with Crippen LogP contribution in [0.1, 0.15) is 62.4 Å². The third-order valence-corrected chi connectivity index (χ3v) is 5.77. The van der Waals surface area contributed by atoms with Crippen molar-refractivity contribution >= 4 is 23.9 Å². The summed E-state index contributed by atoms with van der Waals surface area (Å²) in [6, 6.07) is 3.67. The minimum atomic E-state index is -4.59. The number of carbonyl (C=O) groups excluding carboxylic acids is 4. The lowest BCUT2D eigenvalue weighted by Gasteiger charge is -2.19. The van der Waals surface area contributed by atoms with Crippen molar-refractivity contribution in [3.05, 3.63) is 35.4 Å². The van der Waals surface area contributed by atoms with E-state index in [1.165, 1.54) is 19.2 Å². The first-order chi connectivity index (χ1) is 19.2. The van der Waals surface area contributed by atoms with Gasteiger partial charge in [0, 0.05) is 38.3 Å². The van der Waals surface area contributed by atoms with Crippen LogP contribution in [0.25, 0.3) is 0 Å². The Bertz CT molecular complexity index is 1040. The van der Waals surface area contributed by atoms with Gasteiger partial charge in [-0.2, -0.15) is 13.2 Å². The molecule has 5 N–H and O–H groups in total. The van der Waals surface area contributed by atoms with Crippen LogP contribution in [-0.2, 0) is 29.5 Å². The number of hydrogen-bond acceptors (Lipinski definition) is 9. The van der Waals surface area contributed by atoms with Crippen LogP contribution in [0.5, 0.6) is 0 Å². The number of alkyl carbamates (subject to hydrolysis) is 1. The van der Waals surface area contributed by atoms with E-state index in [4.69, 9.17) is 9.47 Å². The van der Waals surface area contributed by atoms with Crippen LogP contribution in [-0.4, -0.2) is 75.1 Å². The molecule has 3 amide bonds. The summed E-state index contributed by atoms with van der Waals surface area (Å²) < 4.78 is 55.0. The average Bonchev–Trinajstić information content (AvgIpc) is 3.71. The molecule has 2 rings (SSSR count). The Balaban J connectivity index is 1.78. The number of esters is 1. The Hall–Kier alpha value is -3.43. The van der Waals surface area contributed by atoms with Gasteiger partial charge in [0.15, 0.2) is 0 Å². The number of carbonyl (C=O) groups is 4. The van der Waals surface area contributed by atoms with Crippen LogP contribution in [0.15, 0.2) is 24.3 Å². The molecule has 0 bridgehead atoms. The number of amides is 3. The molecule has 12 nitrogen and oxygen atoms in total. The SMILES string of the molecule is COC(=O)CC[C@H](NC(=O)c1ccc(C2(C(F)(F)F)NN2)cc1)C(=O)NCCCOCCCNC(=O)OC(C)(C)C. The molecular weight excluding hydrogens is 551 g/mol. The maximum absolute atomic E-state index is 13.3. The summed E-state index contributed by atoms with van der Waals surface area (Å²) in [5, 5.41) is 7.82. The molecule has 15 heteroatoms. The Kier molecular flexibility index (Phi) is 12.3. The number of halogens is 3. The summed E-state index contributed by atoms with van der Waals surface area (Å²) in [6.45, 7) is 6.64. The highest BCUT2D eigenvalue weighted by atomic mass is 19.4. The standard InChI is InChI=1S/C26H38F3N5O7/c1-24(2,3)41-23(38)31-14-6-16-40-15-5-13-30-22(37)19(11-12-20(35)39-4)32-21(36)17-7-9-18(10-8-17)25(33-34-25)26(27,28)29/h7-10,19,33-34H,5-6,11-16H2,1-4H3,(H,30,37)(H,31,38)(H,32,36)/t19-/m0/s1. The van der Waals surface area contributed by atoms with Gasteiger partial charge in [-0.1, -0.05) is 12.1 Å². The molecule has 0 aromatic heterocycles. The van der Waals surface area contributed by atoms with Crippen LogP contribution in [0, 0.1) is 0 Å². The summed E-state index contributed by atoms with van der Waals surface area (Å²) in [5.74, 6) is -1.80. The predicted octanol–water partition coefficient (Wildman–Crippen LogP) is 2.00. The topological polar surface area (TPSA) is 176 Å². The number of hydrazine groups is 1. The van der Waals surface area contributed by atoms with E-state index in [0.29, 0.717) is 32.6 Å². The zero-order valence-electron chi connectivity index (χ0n) is 23.5. The lowest BCUT2D eigenvalue weighted by molar-refractivity contribution is -0.165. The normalized spacial score (nSPS) is 14.9. The molecular formula is C26H38F3N5O7. The zero-order valence-corrected chi connectivity index (χ0v) is 23.5. The molecule has 1 heterocycles. The molecule has 0 spiro atoms. The molecule has 41 heavy (non-hydrogen) atoms. The lowest BCUT2D eigenvalue weighted by Crippen LogP contribution is -2.47. The first-order valence-corrected chi connectivity index (χ1v) is 13.1. The molecule has 1 atom stereocenters. The summed E-state index contributed by atoms with van der Waals surface area (Å²) in [4.78, 5) is 48.7. The van der Waals surface area contributed by atoms with E-state index in [1.54, 1.807) is 20.8 Å². The monoisotopic (exact) mass is 589 g/mol. The van der Waals surface area contributed by atoms with Crippen molar-refractivity contribution in [2.75, 3.05) is 33.4 Å². The fraction of sp³-hybridized carbons (Fsp3) is 0.615. The minimum Gasteiger partial charge on any atom is -0.469 e. The maximum atomic E-state index is 13.3. The summed E-state index contributed by atoms with van der Waals surface area (Å²) >= 11 is 0. The Morgan fingerprint density at radius 3 is 2.05 bits per heavy atom. The van der Waals surface area contributed by atoms with Gasteiger partial charge in [-0.05, 0) is 57.7 Å². The molecule has 1 aliphatic heterocycles. The van der Waals surface area contributed by atoms with Crippen molar-refractivity contribution in [1.82, 2.24) is 26.8 Å². The highest BCUT2D eigenvalue weighted by Gasteiger charge is 2.65. The van der Waals surface area contributed by atoms with Gasteiger partial charge >= 0.3 is 18.2 Å². The molecule has 1 saturated heterocycles. The van der Waals surface area contributed by atoms with Crippen LogP contribution in [0.4, 0.5) is 18.0 Å². The predicted molar refractivity (Wildman–Crippen MR) is 140 cm³/mol. The highest BCUT2D eigenvalue weighted by Crippen LogP contribution is 2.41. The van der Waals surface area contributed by atoms with Gasteiger partial charge in [-0.25, -0.2) is 15.6 Å². The van der Waals surface area contributed by atoms with E-state index in [0.717, 1.165) is 12.1 Å². The smallest absolute Gasteiger partial charge is 0.426 e. The molecule has 230 valence electrons. The Morgan fingerprint density at radius 1 is 0.951 bits per heavy atom. The van der Waals surface area contributed by atoms with E-state index < -0.39 is 47.4 Å². The number of benzene rings is 1. The molecule has 1 aliphatic rings. The summed E-state index contributed by atoms with van der Waals surface area (Å²) in [7, 11) is 1.20. The van der Waals surface area contributed by atoms with Gasteiger partial charge in [0.25, 0.3) is 5.91 Å². The first kappa shape index (κ1) is 33.8. The Labute approximate surface area is 236 Å². The van der Waals surface area contributed by atoms with E-state index in [2.05, 4.69) is 31.5 Å². The minimum absolute atomic E-state index is 0.0390. The zero-order chi connectivity index (χ0) is 30.7. The van der Waals surface area contributed by atoms with Crippen LogP contribution < -0.4 is 26.8 Å². The van der Waals surface area contributed by atoms with Gasteiger partial charge in [0.2, 0.25) is 11.6 Å². The fourth-order valence-corrected chi connectivity index (χ4v) is 3.55. The van der Waals surface area contributed by atoms with Crippen LogP contribution in [0.2, 0.25) is 0 Å². The van der Waals surface area contributed by atoms with E-state index >= 15 is 0 Å². The van der Waals surface area contributed by atoms with Crippen molar-refractivity contribution in [3.63, 3.8) is 0 Å². The number of hydrogen-bond donors (Lipinski definition) is 5. The highest BCUT2D eigenvalue weighted by molar-refractivity contribution is 5.97. The largest absolute Gasteiger partial charge is 0.469 e. The number of nitrogens with one attached hydrogen (secondary N) is 5. The van der Waals surface area contributed by atoms with Crippen molar-refractivity contribution in [2.24, 2.45) is 0 Å². The average molecular weight is 590 g/mol. The molecule has 1 aromatic carbocycles. The first-order valence-electron chi connectivity index (χ1n) is 13.1. The van der Waals surface area contributed by atoms with E-state index in [-0.39, 0.29) is 30.5 Å². The number of rotatable bonds is 15. The van der Waals surface area contributed by atoms with Gasteiger partial charge in [-0.3, -0.25) is 14.4 Å². The number of methoxy groups -OCH3 is 1. The van der Waals surface area contributed by atoms with Crippen molar-refractivity contribution in [2.45, 2.75) is 69.9 Å². The number of alkyl halides is 3. The molecule has 0 radical (unpaired) electrons. The van der Waals surface area contributed by atoms with Crippen molar-refractivity contribution < 1.29 is 46.6 Å². The van der Waals surface area contributed by atoms with Crippen molar-refractivity contribution in [1.29, 1.82) is 0 Å². The lowest BCUT2D eigenvalue weighted by atomic mass is 10.0. The van der Waals surface area contributed by atoms with Gasteiger partial charge < -0.3 is 30.2 Å². The third kappa shape index (κ3) is 11.2. The molecule has 0 saturated carbocycles. The Morgan fingerprint density at radius 2 is 1.54 bits per heavy atom. The van der Waals surface area contributed by atoms with Gasteiger partial charge in [0.1, 0.15) is 11.6 Å². The summed E-state index contributed by atoms with van der Waals surface area (Å²) in [6.07, 6.45) is -4.24. The van der Waals surface area contributed by atoms with Crippen LogP contribution in [0.3, 0.4) is 0 Å². The second kappa shape index (κ2) is 15.0. The van der Waals surface area contributed by atoms with Crippen molar-refractivity contribution in [3.8, 4) is 0 Å². The molecule has 0 unspecified atom stereocenters.